The van der Waals surface area contributed by atoms with Gasteiger partial charge in [-0.2, -0.15) is 0 Å². The summed E-state index contributed by atoms with van der Waals surface area (Å²) in [6.07, 6.45) is 0.924. The van der Waals surface area contributed by atoms with E-state index in [4.69, 9.17) is 4.74 Å². The van der Waals surface area contributed by atoms with Crippen LogP contribution in [0.15, 0.2) is 96.5 Å². The maximum atomic E-state index is 13.4. The zero-order chi connectivity index (χ0) is 22.5. The molecule has 0 aliphatic heterocycles. The third-order valence-corrected chi connectivity index (χ3v) is 16.2. The van der Waals surface area contributed by atoms with Crippen LogP contribution in [-0.2, 0) is 16.0 Å². The predicted molar refractivity (Wildman–Crippen MR) is 140 cm³/mol. The first-order chi connectivity index (χ1) is 15.5. The Morgan fingerprint density at radius 3 is 1.75 bits per heavy atom. The molecule has 0 amide bonds. The first-order valence-electron chi connectivity index (χ1n) is 10.5. The number of halogens is 1. The van der Waals surface area contributed by atoms with Gasteiger partial charge in [-0.3, -0.25) is 0 Å². The van der Waals surface area contributed by atoms with Gasteiger partial charge in [0.1, 0.15) is 0 Å². The monoisotopic (exact) mass is 525 g/mol. The van der Waals surface area contributed by atoms with Crippen molar-refractivity contribution in [2.24, 2.45) is 0 Å². The van der Waals surface area contributed by atoms with Crippen LogP contribution in [0.1, 0.15) is 10.6 Å². The van der Waals surface area contributed by atoms with E-state index in [9.17, 15) is 4.79 Å². The van der Waals surface area contributed by atoms with Crippen molar-refractivity contribution in [1.82, 2.24) is 4.98 Å². The number of benzene rings is 3. The first-order valence-corrected chi connectivity index (χ1v) is 15.8. The zero-order valence-electron chi connectivity index (χ0n) is 17.9. The topological polar surface area (TPSA) is 39.2 Å². The molecule has 0 aliphatic carbocycles. The van der Waals surface area contributed by atoms with Gasteiger partial charge in [0.15, 0.2) is 0 Å². The van der Waals surface area contributed by atoms with Crippen LogP contribution in [0.3, 0.4) is 0 Å². The maximum absolute atomic E-state index is 13.4. The van der Waals surface area contributed by atoms with Gasteiger partial charge in [0.05, 0.1) is 0 Å². The Morgan fingerprint density at radius 2 is 1.34 bits per heavy atom. The third kappa shape index (κ3) is 4.30. The molecule has 4 rings (SSSR count). The van der Waals surface area contributed by atoms with Gasteiger partial charge in [-0.15, -0.1) is 0 Å². The van der Waals surface area contributed by atoms with Crippen molar-refractivity contribution in [2.45, 2.75) is 13.3 Å². The Morgan fingerprint density at radius 1 is 0.875 bits per heavy atom. The molecular weight excluding hydrogens is 501 g/mol. The summed E-state index contributed by atoms with van der Waals surface area (Å²) in [7, 11) is 0. The normalized spacial score (nSPS) is 12.6. The van der Waals surface area contributed by atoms with Gasteiger partial charge in [0, 0.05) is 0 Å². The number of aromatic nitrogens is 1. The van der Waals surface area contributed by atoms with Crippen molar-refractivity contribution in [3.63, 3.8) is 0 Å². The van der Waals surface area contributed by atoms with Gasteiger partial charge in [0.25, 0.3) is 0 Å². The SMILES string of the molecule is Cc1ncsc1CCOC(=O)CP(Br)(c1ccccc1)(c1ccccc1)c1ccccc1. The van der Waals surface area contributed by atoms with E-state index in [0.717, 1.165) is 26.5 Å². The Balaban J connectivity index is 1.75. The second-order valence-electron chi connectivity index (χ2n) is 7.68. The predicted octanol–water partition coefficient (Wildman–Crippen LogP) is 5.38. The van der Waals surface area contributed by atoms with Crippen LogP contribution in [0.5, 0.6) is 0 Å². The standard InChI is InChI=1S/C26H25BrNO2PS/c1-21-25(32-20-28-21)17-18-30-26(29)19-31(27,22-11-5-2-6-12-22,23-13-7-3-8-14-23)24-15-9-4-10-16-24/h2-16,20H,17-19H2,1H3. The molecule has 0 atom stereocenters. The fourth-order valence-electron chi connectivity index (χ4n) is 4.05. The fraction of sp³-hybridized carbons (Fsp3) is 0.154. The molecule has 0 unspecified atom stereocenters. The number of carbonyl (C=O) groups is 1. The summed E-state index contributed by atoms with van der Waals surface area (Å²) in [5.74, 6) is -0.210. The van der Waals surface area contributed by atoms with Crippen molar-refractivity contribution in [1.29, 1.82) is 0 Å². The molecule has 164 valence electrons. The summed E-state index contributed by atoms with van der Waals surface area (Å²) in [5.41, 5.74) is 2.83. The number of rotatable bonds is 8. The molecule has 0 radical (unpaired) electrons. The van der Waals surface area contributed by atoms with E-state index < -0.39 is 5.31 Å². The van der Waals surface area contributed by atoms with Crippen molar-refractivity contribution >= 4 is 54.0 Å². The minimum atomic E-state index is -3.30. The average molecular weight is 526 g/mol. The van der Waals surface area contributed by atoms with Crippen LogP contribution < -0.4 is 15.9 Å². The number of hydrogen-bond donors (Lipinski definition) is 0. The Kier molecular flexibility index (Phi) is 6.90. The van der Waals surface area contributed by atoms with E-state index in [-0.39, 0.29) is 12.1 Å². The van der Waals surface area contributed by atoms with Gasteiger partial charge in [0.2, 0.25) is 0 Å². The number of nitrogens with zero attached hydrogens (tertiary/aromatic N) is 1. The second kappa shape index (κ2) is 9.66. The Hall–Kier alpha value is -2.33. The minimum absolute atomic E-state index is 0.210. The molecule has 0 saturated carbocycles. The number of aryl methyl sites for hydroxylation is 1. The van der Waals surface area contributed by atoms with Crippen LogP contribution in [-0.4, -0.2) is 23.7 Å². The Bertz CT molecular complexity index is 1080. The first kappa shape index (κ1) is 22.8. The van der Waals surface area contributed by atoms with E-state index in [1.807, 2.05) is 67.0 Å². The van der Waals surface area contributed by atoms with Crippen molar-refractivity contribution < 1.29 is 9.53 Å². The van der Waals surface area contributed by atoms with Crippen molar-refractivity contribution in [3.8, 4) is 0 Å². The van der Waals surface area contributed by atoms with Gasteiger partial charge in [-0.25, -0.2) is 0 Å². The average Bonchev–Trinajstić information content (AvgIpc) is 3.25. The van der Waals surface area contributed by atoms with Crippen LogP contribution in [0.2, 0.25) is 0 Å². The molecule has 3 aromatic carbocycles. The zero-order valence-corrected chi connectivity index (χ0v) is 21.2. The summed E-state index contributed by atoms with van der Waals surface area (Å²) in [6, 6.07) is 30.9. The second-order valence-corrected chi connectivity index (χ2v) is 17.5. The summed E-state index contributed by atoms with van der Waals surface area (Å²) in [6.45, 7) is 2.33. The molecule has 0 fully saturated rings. The van der Waals surface area contributed by atoms with Crippen molar-refractivity contribution in [2.75, 3.05) is 12.8 Å². The van der Waals surface area contributed by atoms with E-state index in [0.29, 0.717) is 13.0 Å². The van der Waals surface area contributed by atoms with Gasteiger partial charge in [-0.05, 0) is 0 Å². The molecular formula is C26H25BrNO2PS. The van der Waals surface area contributed by atoms with E-state index in [1.54, 1.807) is 11.3 Å². The van der Waals surface area contributed by atoms with E-state index in [2.05, 4.69) is 56.9 Å². The molecule has 6 heteroatoms. The quantitative estimate of drug-likeness (QED) is 0.229. The van der Waals surface area contributed by atoms with Gasteiger partial charge >= 0.3 is 202 Å². The molecule has 0 N–H and O–H groups in total. The molecule has 3 nitrogen and oxygen atoms in total. The summed E-state index contributed by atoms with van der Waals surface area (Å²) in [4.78, 5) is 18.8. The summed E-state index contributed by atoms with van der Waals surface area (Å²) >= 11 is 5.88. The molecule has 0 saturated heterocycles. The molecule has 0 aliphatic rings. The summed E-state index contributed by atoms with van der Waals surface area (Å²) in [5, 5.41) is 0.00633. The number of hydrogen-bond acceptors (Lipinski definition) is 4. The Labute approximate surface area is 201 Å². The fourth-order valence-corrected chi connectivity index (χ4v) is 12.0. The van der Waals surface area contributed by atoms with Crippen molar-refractivity contribution in [3.05, 3.63) is 107 Å². The number of ether oxygens (including phenoxy) is 1. The molecule has 0 spiro atoms. The van der Waals surface area contributed by atoms with Crippen LogP contribution in [0.4, 0.5) is 0 Å². The summed E-state index contributed by atoms with van der Waals surface area (Å²) < 4.78 is 5.80. The van der Waals surface area contributed by atoms with Crippen LogP contribution in [0.25, 0.3) is 0 Å². The molecule has 1 heterocycles. The van der Waals surface area contributed by atoms with Crippen LogP contribution >= 0.6 is 32.1 Å². The molecule has 1 aromatic heterocycles. The van der Waals surface area contributed by atoms with Gasteiger partial charge in [-0.1, -0.05) is 0 Å². The number of thiazole rings is 1. The van der Waals surface area contributed by atoms with E-state index >= 15 is 0 Å². The molecule has 4 aromatic rings. The third-order valence-electron chi connectivity index (χ3n) is 5.75. The molecule has 32 heavy (non-hydrogen) atoms. The van der Waals surface area contributed by atoms with E-state index in [1.165, 1.54) is 0 Å². The van der Waals surface area contributed by atoms with Gasteiger partial charge < -0.3 is 0 Å². The molecule has 0 bridgehead atoms. The number of esters is 1. The van der Waals surface area contributed by atoms with Crippen LogP contribution in [0, 0.1) is 6.92 Å². The number of carbonyl (C=O) groups excluding carboxylic acids is 1.